The maximum absolute atomic E-state index is 12.0. The molecule has 135 valence electrons. The van der Waals surface area contributed by atoms with E-state index in [0.29, 0.717) is 0 Å². The van der Waals surface area contributed by atoms with Crippen molar-refractivity contribution in [2.75, 3.05) is 0 Å². The maximum Gasteiger partial charge on any atom is 0.471 e. The molecule has 8 heteroatoms. The zero-order valence-electron chi connectivity index (χ0n) is 14.4. The number of carbonyl (C=O) groups is 2. The second-order valence-corrected chi connectivity index (χ2v) is 4.46. The molecule has 0 unspecified atom stereocenters. The van der Waals surface area contributed by atoms with Crippen molar-refractivity contribution in [2.24, 2.45) is 0 Å². The first kappa shape index (κ1) is 24.3. The molecule has 0 aliphatic carbocycles. The van der Waals surface area contributed by atoms with Crippen LogP contribution in [-0.4, -0.2) is 36.5 Å². The van der Waals surface area contributed by atoms with Gasteiger partial charge in [-0.15, -0.1) is 0 Å². The van der Waals surface area contributed by atoms with Crippen molar-refractivity contribution >= 4 is 19.2 Å². The Morgan fingerprint density at radius 2 is 1.62 bits per heavy atom. The summed E-state index contributed by atoms with van der Waals surface area (Å²) in [5.41, 5.74) is 0.787. The summed E-state index contributed by atoms with van der Waals surface area (Å²) in [7, 11) is 2.00. The molecule has 1 rings (SSSR count). The Morgan fingerprint density at radius 1 is 1.17 bits per heavy atom. The molecule has 1 amide bonds. The Morgan fingerprint density at radius 3 is 2.00 bits per heavy atom. The Balaban J connectivity index is 0. The molecule has 0 aromatic heterocycles. The highest BCUT2D eigenvalue weighted by atomic mass is 19.4. The van der Waals surface area contributed by atoms with E-state index in [0.717, 1.165) is 5.56 Å². The van der Waals surface area contributed by atoms with E-state index in [2.05, 4.69) is 0 Å². The van der Waals surface area contributed by atoms with Crippen molar-refractivity contribution in [1.82, 2.24) is 5.32 Å². The van der Waals surface area contributed by atoms with Gasteiger partial charge in [-0.05, 0) is 18.4 Å². The van der Waals surface area contributed by atoms with E-state index >= 15 is 0 Å². The van der Waals surface area contributed by atoms with E-state index in [1.807, 2.05) is 34.8 Å². The number of halogens is 3. The van der Waals surface area contributed by atoms with Crippen LogP contribution in [0, 0.1) is 0 Å². The fourth-order valence-corrected chi connectivity index (χ4v) is 1.45. The number of carboxylic acid groups (broad SMARTS) is 1. The third kappa shape index (κ3) is 11.6. The molecule has 0 saturated heterocycles. The Kier molecular flexibility index (Phi) is 13.6. The SMILES string of the molecule is CC.C[B]C.O=C(O)[C@@H](CCc1ccccc1)NC(=O)C(F)(F)F. The van der Waals surface area contributed by atoms with Crippen LogP contribution < -0.4 is 5.32 Å². The van der Waals surface area contributed by atoms with Crippen LogP contribution >= 0.6 is 0 Å². The minimum atomic E-state index is -5.08. The van der Waals surface area contributed by atoms with E-state index in [9.17, 15) is 22.8 Å². The van der Waals surface area contributed by atoms with Gasteiger partial charge in [-0.1, -0.05) is 57.8 Å². The van der Waals surface area contributed by atoms with Crippen molar-refractivity contribution in [3.05, 3.63) is 35.9 Å². The summed E-state index contributed by atoms with van der Waals surface area (Å²) in [4.78, 5) is 21.5. The first-order valence-electron chi connectivity index (χ1n) is 7.60. The van der Waals surface area contributed by atoms with Crippen molar-refractivity contribution < 1.29 is 27.9 Å². The van der Waals surface area contributed by atoms with Gasteiger partial charge in [0.2, 0.25) is 0 Å². The number of nitrogens with one attached hydrogen (secondary N) is 1. The zero-order valence-corrected chi connectivity index (χ0v) is 14.4. The van der Waals surface area contributed by atoms with Gasteiger partial charge in [0.05, 0.1) is 0 Å². The maximum atomic E-state index is 12.0. The lowest BCUT2D eigenvalue weighted by atomic mass is 9.88. The average Bonchev–Trinajstić information content (AvgIpc) is 2.53. The lowest BCUT2D eigenvalue weighted by Gasteiger charge is -2.15. The summed E-state index contributed by atoms with van der Waals surface area (Å²) in [6.45, 7) is 8.00. The largest absolute Gasteiger partial charge is 0.480 e. The summed E-state index contributed by atoms with van der Waals surface area (Å²) < 4.78 is 36.1. The second kappa shape index (κ2) is 13.5. The number of alkyl halides is 3. The Bertz CT molecular complexity index is 467. The Labute approximate surface area is 141 Å². The van der Waals surface area contributed by atoms with E-state index in [-0.39, 0.29) is 12.8 Å². The minimum Gasteiger partial charge on any atom is -0.480 e. The quantitative estimate of drug-likeness (QED) is 0.801. The molecule has 0 saturated carbocycles. The molecule has 0 fully saturated rings. The van der Waals surface area contributed by atoms with E-state index in [1.54, 1.807) is 30.3 Å². The van der Waals surface area contributed by atoms with E-state index < -0.39 is 24.1 Å². The minimum absolute atomic E-state index is 0.110. The van der Waals surface area contributed by atoms with Crippen LogP contribution in [0.2, 0.25) is 13.6 Å². The molecular formula is C16H24BF3NO3. The zero-order chi connectivity index (χ0) is 19.2. The smallest absolute Gasteiger partial charge is 0.471 e. The van der Waals surface area contributed by atoms with Gasteiger partial charge in [0.25, 0.3) is 0 Å². The number of rotatable bonds is 5. The van der Waals surface area contributed by atoms with Gasteiger partial charge in [0.1, 0.15) is 13.3 Å². The van der Waals surface area contributed by atoms with Crippen molar-refractivity contribution in [1.29, 1.82) is 0 Å². The highest BCUT2D eigenvalue weighted by Gasteiger charge is 2.40. The van der Waals surface area contributed by atoms with Crippen LogP contribution in [0.4, 0.5) is 13.2 Å². The highest BCUT2D eigenvalue weighted by molar-refractivity contribution is 6.31. The molecule has 1 radical (unpaired) electrons. The summed E-state index contributed by atoms with van der Waals surface area (Å²) >= 11 is 0. The second-order valence-electron chi connectivity index (χ2n) is 4.46. The topological polar surface area (TPSA) is 66.4 Å². The number of hydrogen-bond donors (Lipinski definition) is 2. The molecule has 1 aromatic carbocycles. The molecule has 1 aromatic rings. The molecule has 0 aliphatic rings. The third-order valence-electron chi connectivity index (χ3n) is 2.43. The number of benzene rings is 1. The van der Waals surface area contributed by atoms with Gasteiger partial charge in [-0.2, -0.15) is 13.2 Å². The summed E-state index contributed by atoms with van der Waals surface area (Å²) in [6, 6.07) is 7.13. The summed E-state index contributed by atoms with van der Waals surface area (Å²) in [5, 5.41) is 10.2. The predicted molar refractivity (Wildman–Crippen MR) is 89.2 cm³/mol. The normalized spacial score (nSPS) is 11.0. The van der Waals surface area contributed by atoms with E-state index in [4.69, 9.17) is 5.11 Å². The lowest BCUT2D eigenvalue weighted by Crippen LogP contribution is -2.47. The van der Waals surface area contributed by atoms with Gasteiger partial charge in [0, 0.05) is 0 Å². The molecule has 1 atom stereocenters. The van der Waals surface area contributed by atoms with Gasteiger partial charge in [-0.25, -0.2) is 4.79 Å². The lowest BCUT2D eigenvalue weighted by molar-refractivity contribution is -0.175. The van der Waals surface area contributed by atoms with Crippen LogP contribution in [-0.2, 0) is 16.0 Å². The first-order chi connectivity index (χ1) is 11.2. The number of carboxylic acids is 1. The molecule has 4 nitrogen and oxygen atoms in total. The van der Waals surface area contributed by atoms with Gasteiger partial charge >= 0.3 is 18.1 Å². The predicted octanol–water partition coefficient (Wildman–Crippen LogP) is 3.56. The summed E-state index contributed by atoms with van der Waals surface area (Å²) in [5.74, 6) is -3.73. The van der Waals surface area contributed by atoms with E-state index in [1.165, 1.54) is 5.32 Å². The summed E-state index contributed by atoms with van der Waals surface area (Å²) in [6.07, 6.45) is -4.93. The number of carbonyl (C=O) groups excluding carboxylic acids is 1. The van der Waals surface area contributed by atoms with Gasteiger partial charge in [0.15, 0.2) is 0 Å². The van der Waals surface area contributed by atoms with Crippen molar-refractivity contribution in [2.45, 2.75) is 52.6 Å². The fraction of sp³-hybridized carbons (Fsp3) is 0.500. The molecule has 0 aliphatic heterocycles. The first-order valence-corrected chi connectivity index (χ1v) is 7.60. The van der Waals surface area contributed by atoms with Gasteiger partial charge in [-0.3, -0.25) is 4.79 Å². The number of aryl methyl sites for hydroxylation is 1. The van der Waals surface area contributed by atoms with Crippen molar-refractivity contribution in [3.8, 4) is 0 Å². The van der Waals surface area contributed by atoms with Crippen LogP contribution in [0.15, 0.2) is 30.3 Å². The van der Waals surface area contributed by atoms with Gasteiger partial charge < -0.3 is 10.4 Å². The third-order valence-corrected chi connectivity index (χ3v) is 2.43. The number of amides is 1. The molecule has 0 heterocycles. The standard InChI is InChI=1S/C12H12F3NO3.C2H6B.C2H6/c13-12(14,15)11(19)16-9(10(17)18)7-6-8-4-2-1-3-5-8;1-3-2;1-2/h1-5,9H,6-7H2,(H,16,19)(H,17,18);1-2H3;1-2H3/t9-;;/m1../s1. The average molecular weight is 346 g/mol. The molecule has 0 bridgehead atoms. The fourth-order valence-electron chi connectivity index (χ4n) is 1.45. The van der Waals surface area contributed by atoms with Crippen LogP contribution in [0.25, 0.3) is 0 Å². The molecule has 2 N–H and O–H groups in total. The Hall–Kier alpha value is -1.99. The highest BCUT2D eigenvalue weighted by Crippen LogP contribution is 2.15. The molecule has 0 spiro atoms. The number of aliphatic carboxylic acids is 1. The molecular weight excluding hydrogens is 322 g/mol. The monoisotopic (exact) mass is 346 g/mol. The van der Waals surface area contributed by atoms with Crippen molar-refractivity contribution in [3.63, 3.8) is 0 Å². The number of hydrogen-bond acceptors (Lipinski definition) is 2. The van der Waals surface area contributed by atoms with Crippen LogP contribution in [0.3, 0.4) is 0 Å². The van der Waals surface area contributed by atoms with Crippen LogP contribution in [0.1, 0.15) is 25.8 Å². The molecule has 24 heavy (non-hydrogen) atoms. The van der Waals surface area contributed by atoms with Crippen LogP contribution in [0.5, 0.6) is 0 Å².